The average molecular weight is 269 g/mol. The van der Waals surface area contributed by atoms with Gasteiger partial charge in [0.1, 0.15) is 17.6 Å². The first kappa shape index (κ1) is 13.4. The van der Waals surface area contributed by atoms with Gasteiger partial charge in [-0.2, -0.15) is 0 Å². The van der Waals surface area contributed by atoms with E-state index in [0.717, 1.165) is 25.0 Å². The molecule has 4 heteroatoms. The summed E-state index contributed by atoms with van der Waals surface area (Å²) >= 11 is 6.15. The molecule has 0 N–H and O–H groups in total. The molecule has 1 heterocycles. The summed E-state index contributed by atoms with van der Waals surface area (Å²) in [6, 6.07) is 5.50. The third-order valence-electron chi connectivity index (χ3n) is 2.86. The summed E-state index contributed by atoms with van der Waals surface area (Å²) in [6.07, 6.45) is 2.50. The maximum atomic E-state index is 11.0. The van der Waals surface area contributed by atoms with Crippen LogP contribution in [0.3, 0.4) is 0 Å². The van der Waals surface area contributed by atoms with Crippen LogP contribution in [0.1, 0.15) is 25.3 Å². The Balaban J connectivity index is 2.02. The van der Waals surface area contributed by atoms with Gasteiger partial charge in [-0.15, -0.1) is 0 Å². The molecule has 1 aromatic rings. The zero-order chi connectivity index (χ0) is 13.0. The molecule has 2 rings (SSSR count). The number of rotatable bonds is 4. The summed E-state index contributed by atoms with van der Waals surface area (Å²) in [4.78, 5) is 11.0. The summed E-state index contributed by atoms with van der Waals surface area (Å²) in [5.41, 5.74) is 0.916. The van der Waals surface area contributed by atoms with Gasteiger partial charge in [0.25, 0.3) is 0 Å². The first-order valence-electron chi connectivity index (χ1n) is 6.17. The van der Waals surface area contributed by atoms with Crippen molar-refractivity contribution in [3.63, 3.8) is 0 Å². The molecule has 18 heavy (non-hydrogen) atoms. The average Bonchev–Trinajstić information content (AvgIpc) is 2.33. The van der Waals surface area contributed by atoms with E-state index in [0.29, 0.717) is 23.8 Å². The van der Waals surface area contributed by atoms with E-state index < -0.39 is 0 Å². The Bertz CT molecular complexity index is 425. The highest BCUT2D eigenvalue weighted by Gasteiger charge is 2.16. The molecule has 1 saturated heterocycles. The normalized spacial score (nSPS) is 19.6. The van der Waals surface area contributed by atoms with E-state index in [1.807, 2.05) is 12.1 Å². The van der Waals surface area contributed by atoms with Crippen LogP contribution in [0, 0.1) is 0 Å². The van der Waals surface area contributed by atoms with Crippen molar-refractivity contribution in [3.8, 4) is 5.75 Å². The molecule has 1 atom stereocenters. The maximum Gasteiger partial charge on any atom is 0.138 e. The maximum absolute atomic E-state index is 11.0. The number of carbonyl (C=O) groups excluding carboxylic acids is 1. The molecule has 1 aliphatic heterocycles. The number of benzene rings is 1. The molecule has 3 nitrogen and oxygen atoms in total. The van der Waals surface area contributed by atoms with Crippen LogP contribution >= 0.6 is 11.6 Å². The molecule has 0 spiro atoms. The van der Waals surface area contributed by atoms with Crippen LogP contribution < -0.4 is 4.74 Å². The Morgan fingerprint density at radius 1 is 1.56 bits per heavy atom. The standard InChI is InChI=1S/C14H17ClO3/c1-10(16)7-11-4-5-14(13(15)8-11)18-12-3-2-6-17-9-12/h4-5,8,12H,2-3,6-7,9H2,1H3. The minimum absolute atomic E-state index is 0.0786. The lowest BCUT2D eigenvalue weighted by Crippen LogP contribution is -2.28. The van der Waals surface area contributed by atoms with E-state index in [4.69, 9.17) is 21.1 Å². The molecule has 0 aliphatic carbocycles. The first-order valence-corrected chi connectivity index (χ1v) is 6.55. The summed E-state index contributed by atoms with van der Waals surface area (Å²) in [7, 11) is 0. The van der Waals surface area contributed by atoms with Crippen molar-refractivity contribution in [1.29, 1.82) is 0 Å². The van der Waals surface area contributed by atoms with Gasteiger partial charge in [0, 0.05) is 13.0 Å². The van der Waals surface area contributed by atoms with Gasteiger partial charge in [0.05, 0.1) is 11.6 Å². The van der Waals surface area contributed by atoms with Crippen LogP contribution in [0.2, 0.25) is 5.02 Å². The van der Waals surface area contributed by atoms with Crippen molar-refractivity contribution < 1.29 is 14.3 Å². The van der Waals surface area contributed by atoms with Crippen molar-refractivity contribution in [2.45, 2.75) is 32.3 Å². The van der Waals surface area contributed by atoms with Crippen LogP contribution in [0.15, 0.2) is 18.2 Å². The molecule has 1 aromatic carbocycles. The fourth-order valence-electron chi connectivity index (χ4n) is 2.02. The van der Waals surface area contributed by atoms with Crippen molar-refractivity contribution >= 4 is 17.4 Å². The van der Waals surface area contributed by atoms with Crippen molar-refractivity contribution in [2.75, 3.05) is 13.2 Å². The smallest absolute Gasteiger partial charge is 0.138 e. The molecule has 0 bridgehead atoms. The molecule has 98 valence electrons. The molecule has 1 fully saturated rings. The van der Waals surface area contributed by atoms with Crippen molar-refractivity contribution in [2.24, 2.45) is 0 Å². The van der Waals surface area contributed by atoms with Gasteiger partial charge in [-0.05, 0) is 37.5 Å². The fourth-order valence-corrected chi connectivity index (χ4v) is 2.27. The lowest BCUT2D eigenvalue weighted by atomic mass is 10.1. The Kier molecular flexibility index (Phi) is 4.61. The Morgan fingerprint density at radius 2 is 2.39 bits per heavy atom. The van der Waals surface area contributed by atoms with Crippen molar-refractivity contribution in [1.82, 2.24) is 0 Å². The summed E-state index contributed by atoms with van der Waals surface area (Å²) in [6.45, 7) is 2.99. The lowest BCUT2D eigenvalue weighted by molar-refractivity contribution is -0.116. The highest BCUT2D eigenvalue weighted by Crippen LogP contribution is 2.28. The van der Waals surface area contributed by atoms with Crippen LogP contribution in [-0.2, 0) is 16.0 Å². The van der Waals surface area contributed by atoms with E-state index in [-0.39, 0.29) is 11.9 Å². The predicted molar refractivity (Wildman–Crippen MR) is 70.3 cm³/mol. The summed E-state index contributed by atoms with van der Waals surface area (Å²) in [5, 5.41) is 0.555. The zero-order valence-corrected chi connectivity index (χ0v) is 11.2. The monoisotopic (exact) mass is 268 g/mol. The largest absolute Gasteiger partial charge is 0.486 e. The molecular weight excluding hydrogens is 252 g/mol. The quantitative estimate of drug-likeness (QED) is 0.842. The molecule has 0 radical (unpaired) electrons. The van der Waals surface area contributed by atoms with E-state index in [9.17, 15) is 4.79 Å². The molecular formula is C14H17ClO3. The number of hydrogen-bond donors (Lipinski definition) is 0. The summed E-state index contributed by atoms with van der Waals surface area (Å²) in [5.74, 6) is 0.792. The second kappa shape index (κ2) is 6.21. The SMILES string of the molecule is CC(=O)Cc1ccc(OC2CCCOC2)c(Cl)c1. The fraction of sp³-hybridized carbons (Fsp3) is 0.500. The number of carbonyl (C=O) groups is 1. The van der Waals surface area contributed by atoms with Gasteiger partial charge in [-0.3, -0.25) is 4.79 Å². The van der Waals surface area contributed by atoms with Gasteiger partial charge in [-0.25, -0.2) is 0 Å². The minimum Gasteiger partial charge on any atom is -0.486 e. The third kappa shape index (κ3) is 3.72. The van der Waals surface area contributed by atoms with E-state index >= 15 is 0 Å². The number of ketones is 1. The second-order valence-electron chi connectivity index (χ2n) is 4.60. The number of hydrogen-bond acceptors (Lipinski definition) is 3. The van der Waals surface area contributed by atoms with Crippen molar-refractivity contribution in [3.05, 3.63) is 28.8 Å². The molecule has 0 amide bonds. The highest BCUT2D eigenvalue weighted by atomic mass is 35.5. The van der Waals surface area contributed by atoms with Crippen LogP contribution in [0.25, 0.3) is 0 Å². The predicted octanol–water partition coefficient (Wildman–Crippen LogP) is 3.03. The molecule has 1 aliphatic rings. The van der Waals surface area contributed by atoms with Gasteiger partial charge < -0.3 is 9.47 Å². The molecule has 1 unspecified atom stereocenters. The third-order valence-corrected chi connectivity index (χ3v) is 3.16. The lowest BCUT2D eigenvalue weighted by Gasteiger charge is -2.23. The van der Waals surface area contributed by atoms with Gasteiger partial charge in [-0.1, -0.05) is 17.7 Å². The minimum atomic E-state index is 0.0786. The zero-order valence-electron chi connectivity index (χ0n) is 10.4. The van der Waals surface area contributed by atoms with Crippen LogP contribution in [0.4, 0.5) is 0 Å². The molecule has 0 saturated carbocycles. The van der Waals surface area contributed by atoms with Crippen LogP contribution in [-0.4, -0.2) is 25.1 Å². The topological polar surface area (TPSA) is 35.5 Å². The van der Waals surface area contributed by atoms with E-state index in [2.05, 4.69) is 0 Å². The van der Waals surface area contributed by atoms with E-state index in [1.165, 1.54) is 0 Å². The number of halogens is 1. The number of ether oxygens (including phenoxy) is 2. The molecule has 0 aromatic heterocycles. The van der Waals surface area contributed by atoms with E-state index in [1.54, 1.807) is 13.0 Å². The summed E-state index contributed by atoms with van der Waals surface area (Å²) < 4.78 is 11.2. The Labute approximate surface area is 112 Å². The van der Waals surface area contributed by atoms with Gasteiger partial charge in [0.15, 0.2) is 0 Å². The second-order valence-corrected chi connectivity index (χ2v) is 5.01. The highest BCUT2D eigenvalue weighted by molar-refractivity contribution is 6.32. The van der Waals surface area contributed by atoms with Crippen LogP contribution in [0.5, 0.6) is 5.75 Å². The Morgan fingerprint density at radius 3 is 3.00 bits per heavy atom. The van der Waals surface area contributed by atoms with Gasteiger partial charge >= 0.3 is 0 Å². The first-order chi connectivity index (χ1) is 8.65. The van der Waals surface area contributed by atoms with Gasteiger partial charge in [0.2, 0.25) is 0 Å². The number of Topliss-reactive ketones (excluding diaryl/α,β-unsaturated/α-hetero) is 1. The Hall–Kier alpha value is -1.06.